The Labute approximate surface area is 151 Å². The first-order valence-corrected chi connectivity index (χ1v) is 8.98. The molecule has 0 aliphatic heterocycles. The Morgan fingerprint density at radius 2 is 2.08 bits per heavy atom. The molecule has 0 aromatic carbocycles. The smallest absolute Gasteiger partial charge is 0.270 e. The lowest BCUT2D eigenvalue weighted by Crippen LogP contribution is -2.41. The predicted octanol–water partition coefficient (Wildman–Crippen LogP) is 2.38. The van der Waals surface area contributed by atoms with Crippen molar-refractivity contribution < 1.29 is 14.1 Å². The Hall–Kier alpha value is -2.64. The van der Waals surface area contributed by atoms with Crippen LogP contribution in [0.5, 0.6) is 5.88 Å². The van der Waals surface area contributed by atoms with Gasteiger partial charge in [0, 0.05) is 5.56 Å². The molecule has 138 valence electrons. The van der Waals surface area contributed by atoms with Crippen LogP contribution in [0.25, 0.3) is 0 Å². The zero-order valence-corrected chi connectivity index (χ0v) is 15.0. The summed E-state index contributed by atoms with van der Waals surface area (Å²) in [6.45, 7) is 4.20. The van der Waals surface area contributed by atoms with Crippen LogP contribution in [0.2, 0.25) is 0 Å². The minimum absolute atomic E-state index is 0.0324. The number of aromatic nitrogens is 3. The molecule has 2 saturated carbocycles. The summed E-state index contributed by atoms with van der Waals surface area (Å²) in [6, 6.07) is 3.70. The van der Waals surface area contributed by atoms with Gasteiger partial charge in [-0.05, 0) is 62.6 Å². The molecule has 2 aliphatic carbocycles. The third kappa shape index (κ3) is 3.63. The van der Waals surface area contributed by atoms with Gasteiger partial charge in [-0.2, -0.15) is 4.98 Å². The van der Waals surface area contributed by atoms with Crippen LogP contribution in [0.4, 0.5) is 5.95 Å². The summed E-state index contributed by atoms with van der Waals surface area (Å²) in [5, 5.41) is 6.43. The second-order valence-electron chi connectivity index (χ2n) is 7.66. The zero-order valence-electron chi connectivity index (χ0n) is 15.0. The first-order chi connectivity index (χ1) is 12.4. The van der Waals surface area contributed by atoms with Crippen molar-refractivity contribution in [3.63, 3.8) is 0 Å². The van der Waals surface area contributed by atoms with E-state index in [-0.39, 0.29) is 17.7 Å². The minimum Gasteiger partial charge on any atom is -0.477 e. The summed E-state index contributed by atoms with van der Waals surface area (Å²) in [5.41, 5.74) is 6.03. The van der Waals surface area contributed by atoms with Crippen molar-refractivity contribution >= 4 is 11.9 Å². The van der Waals surface area contributed by atoms with Crippen molar-refractivity contribution in [3.05, 3.63) is 29.3 Å². The van der Waals surface area contributed by atoms with E-state index in [0.29, 0.717) is 30.0 Å². The Balaban J connectivity index is 1.52. The number of amides is 1. The van der Waals surface area contributed by atoms with Gasteiger partial charge in [0.25, 0.3) is 17.7 Å². The van der Waals surface area contributed by atoms with Gasteiger partial charge in [-0.3, -0.25) is 4.79 Å². The van der Waals surface area contributed by atoms with E-state index in [1.165, 1.54) is 12.8 Å². The molecule has 0 radical (unpaired) electrons. The van der Waals surface area contributed by atoms with Crippen molar-refractivity contribution in [1.82, 2.24) is 20.4 Å². The second-order valence-corrected chi connectivity index (χ2v) is 7.66. The average molecular weight is 357 g/mol. The molecule has 2 aliphatic rings. The van der Waals surface area contributed by atoms with Crippen molar-refractivity contribution in [2.75, 3.05) is 12.3 Å². The van der Waals surface area contributed by atoms with Crippen molar-refractivity contribution in [2.24, 2.45) is 5.92 Å². The first kappa shape index (κ1) is 16.8. The molecule has 2 aromatic rings. The summed E-state index contributed by atoms with van der Waals surface area (Å²) < 4.78 is 11.0. The normalized spacial score (nSPS) is 17.2. The number of nitrogens with one attached hydrogen (secondary N) is 1. The highest BCUT2D eigenvalue weighted by molar-refractivity contribution is 5.93. The first-order valence-electron chi connectivity index (χ1n) is 8.98. The van der Waals surface area contributed by atoms with E-state index in [1.54, 1.807) is 19.9 Å². The van der Waals surface area contributed by atoms with Crippen LogP contribution in [-0.2, 0) is 5.54 Å². The van der Waals surface area contributed by atoms with Gasteiger partial charge in [-0.25, -0.2) is 4.98 Å². The molecule has 0 spiro atoms. The van der Waals surface area contributed by atoms with Crippen molar-refractivity contribution in [2.45, 2.75) is 51.0 Å². The molecule has 0 atom stereocenters. The molecule has 2 heterocycles. The quantitative estimate of drug-likeness (QED) is 0.781. The highest BCUT2D eigenvalue weighted by atomic mass is 16.5. The third-order valence-electron chi connectivity index (χ3n) is 4.69. The van der Waals surface area contributed by atoms with E-state index in [9.17, 15) is 4.79 Å². The number of carbonyl (C=O) groups excluding carboxylic acids is 1. The maximum atomic E-state index is 12.7. The molecule has 0 saturated heterocycles. The number of anilines is 1. The lowest BCUT2D eigenvalue weighted by molar-refractivity contribution is 0.0888. The van der Waals surface area contributed by atoms with Crippen LogP contribution in [0.1, 0.15) is 67.4 Å². The van der Waals surface area contributed by atoms with Gasteiger partial charge in [0.2, 0.25) is 5.88 Å². The maximum Gasteiger partial charge on any atom is 0.270 e. The predicted molar refractivity (Wildman–Crippen MR) is 93.6 cm³/mol. The van der Waals surface area contributed by atoms with E-state index < -0.39 is 5.54 Å². The summed E-state index contributed by atoms with van der Waals surface area (Å²) in [5.74, 6) is 1.67. The molecule has 26 heavy (non-hydrogen) atoms. The Morgan fingerprint density at radius 3 is 2.69 bits per heavy atom. The van der Waals surface area contributed by atoms with Gasteiger partial charge in [-0.15, -0.1) is 0 Å². The van der Waals surface area contributed by atoms with Crippen molar-refractivity contribution in [3.8, 4) is 5.88 Å². The number of nitrogen functional groups attached to an aromatic ring is 1. The number of hydrogen-bond donors (Lipinski definition) is 2. The van der Waals surface area contributed by atoms with E-state index >= 15 is 0 Å². The summed E-state index contributed by atoms with van der Waals surface area (Å²) >= 11 is 0. The largest absolute Gasteiger partial charge is 0.477 e. The van der Waals surface area contributed by atoms with E-state index in [4.69, 9.17) is 15.0 Å². The maximum absolute atomic E-state index is 12.7. The highest BCUT2D eigenvalue weighted by Gasteiger charge is 2.32. The fraction of sp³-hybridized carbons (Fsp3) is 0.556. The molecule has 0 unspecified atom stereocenters. The Kier molecular flexibility index (Phi) is 4.05. The Morgan fingerprint density at radius 1 is 1.31 bits per heavy atom. The Bertz CT molecular complexity index is 824. The number of nitrogens with zero attached hydrogens (tertiary/aromatic N) is 3. The molecule has 4 rings (SSSR count). The molecule has 8 heteroatoms. The van der Waals surface area contributed by atoms with Crippen LogP contribution in [-0.4, -0.2) is 27.6 Å². The van der Waals surface area contributed by atoms with E-state index in [2.05, 4.69) is 20.4 Å². The van der Waals surface area contributed by atoms with Crippen LogP contribution in [0.15, 0.2) is 16.7 Å². The van der Waals surface area contributed by atoms with Gasteiger partial charge in [0.15, 0.2) is 0 Å². The standard InChI is InChI=1S/C18H23N5O3/c1-18(2,16-21-17(19)23-26-16)22-14(24)13-8-7-12(11-5-6-11)15(20-13)25-9-10-3-4-10/h7-8,10-11H,3-6,9H2,1-2H3,(H2,19,23)(H,22,24). The number of pyridine rings is 1. The van der Waals surface area contributed by atoms with Gasteiger partial charge in [0.1, 0.15) is 11.2 Å². The highest BCUT2D eigenvalue weighted by Crippen LogP contribution is 2.44. The number of nitrogens with two attached hydrogens (primary N) is 1. The van der Waals surface area contributed by atoms with Crippen LogP contribution >= 0.6 is 0 Å². The lowest BCUT2D eigenvalue weighted by atomic mass is 10.1. The van der Waals surface area contributed by atoms with E-state index in [0.717, 1.165) is 18.4 Å². The summed E-state index contributed by atoms with van der Waals surface area (Å²) in [7, 11) is 0. The SMILES string of the molecule is CC(C)(NC(=O)c1ccc(C2CC2)c(OCC2CC2)n1)c1nc(N)no1. The third-order valence-corrected chi connectivity index (χ3v) is 4.69. The monoisotopic (exact) mass is 357 g/mol. The second kappa shape index (κ2) is 6.26. The topological polar surface area (TPSA) is 116 Å². The number of hydrogen-bond acceptors (Lipinski definition) is 7. The fourth-order valence-electron chi connectivity index (χ4n) is 2.77. The lowest BCUT2D eigenvalue weighted by Gasteiger charge is -2.21. The zero-order chi connectivity index (χ0) is 18.3. The van der Waals surface area contributed by atoms with Gasteiger partial charge < -0.3 is 20.3 Å². The van der Waals surface area contributed by atoms with Gasteiger partial charge >= 0.3 is 0 Å². The summed E-state index contributed by atoms with van der Waals surface area (Å²) in [6.07, 6.45) is 4.72. The number of ether oxygens (including phenoxy) is 1. The molecular weight excluding hydrogens is 334 g/mol. The average Bonchev–Trinajstić information content (AvgIpc) is 3.51. The van der Waals surface area contributed by atoms with Gasteiger partial charge in [0.05, 0.1) is 6.61 Å². The fourth-order valence-corrected chi connectivity index (χ4v) is 2.77. The molecule has 2 aromatic heterocycles. The molecule has 1 amide bonds. The molecule has 3 N–H and O–H groups in total. The van der Waals surface area contributed by atoms with Gasteiger partial charge in [-0.1, -0.05) is 6.07 Å². The summed E-state index contributed by atoms with van der Waals surface area (Å²) in [4.78, 5) is 21.2. The van der Waals surface area contributed by atoms with E-state index in [1.807, 2.05) is 6.07 Å². The minimum atomic E-state index is -0.867. The van der Waals surface area contributed by atoms with Crippen molar-refractivity contribution in [1.29, 1.82) is 0 Å². The van der Waals surface area contributed by atoms with Crippen LogP contribution < -0.4 is 15.8 Å². The molecular formula is C18H23N5O3. The molecule has 2 fully saturated rings. The molecule has 8 nitrogen and oxygen atoms in total. The number of rotatable bonds is 7. The molecule has 0 bridgehead atoms. The van der Waals surface area contributed by atoms with Crippen LogP contribution in [0.3, 0.4) is 0 Å². The van der Waals surface area contributed by atoms with Crippen LogP contribution in [0, 0.1) is 5.92 Å². The number of carbonyl (C=O) groups is 1.